The molecule has 1 aromatic rings. The van der Waals surface area contributed by atoms with E-state index in [-0.39, 0.29) is 5.41 Å². The number of nitrogens with two attached hydrogens (primary N) is 1. The fraction of sp³-hybridized carbons (Fsp3) is 0.625. The Morgan fingerprint density at radius 1 is 1.22 bits per heavy atom. The van der Waals surface area contributed by atoms with Gasteiger partial charge in [-0.05, 0) is 43.9 Å². The molecule has 0 heterocycles. The third kappa shape index (κ3) is 1.66. The van der Waals surface area contributed by atoms with Crippen LogP contribution in [0.4, 0.5) is 0 Å². The molecule has 0 aromatic heterocycles. The molecule has 2 N–H and O–H groups in total. The van der Waals surface area contributed by atoms with E-state index in [4.69, 9.17) is 10.5 Å². The number of aryl methyl sites for hydroxylation is 1. The molecule has 2 heteroatoms. The van der Waals surface area contributed by atoms with Crippen LogP contribution in [-0.4, -0.2) is 12.1 Å². The first kappa shape index (κ1) is 12.0. The van der Waals surface area contributed by atoms with Crippen LogP contribution in [0.2, 0.25) is 0 Å². The molecule has 18 heavy (non-hydrogen) atoms. The summed E-state index contributed by atoms with van der Waals surface area (Å²) in [6.07, 6.45) is 6.51. The van der Waals surface area contributed by atoms with Crippen molar-refractivity contribution in [3.8, 4) is 5.75 Å². The van der Waals surface area contributed by atoms with Gasteiger partial charge in [0.25, 0.3) is 0 Å². The third-order valence-electron chi connectivity index (χ3n) is 5.21. The van der Waals surface area contributed by atoms with Gasteiger partial charge in [0.2, 0.25) is 0 Å². The van der Waals surface area contributed by atoms with Crippen molar-refractivity contribution in [1.82, 2.24) is 0 Å². The molecule has 2 fully saturated rings. The lowest BCUT2D eigenvalue weighted by atomic mass is 9.61. The lowest BCUT2D eigenvalue weighted by molar-refractivity contribution is -0.0623. The van der Waals surface area contributed by atoms with Gasteiger partial charge in [0, 0.05) is 17.9 Å². The molecule has 0 amide bonds. The number of ether oxygens (including phenoxy) is 1. The van der Waals surface area contributed by atoms with Gasteiger partial charge in [-0.15, -0.1) is 0 Å². The van der Waals surface area contributed by atoms with E-state index in [9.17, 15) is 0 Å². The highest BCUT2D eigenvalue weighted by Gasteiger charge is 2.56. The predicted molar refractivity (Wildman–Crippen MR) is 73.8 cm³/mol. The van der Waals surface area contributed by atoms with Gasteiger partial charge in [-0.3, -0.25) is 0 Å². The van der Waals surface area contributed by atoms with Gasteiger partial charge < -0.3 is 10.5 Å². The SMILES string of the molecule is Cc1cccc(OC2CC(N)C23CCCC3)c1C. The first-order chi connectivity index (χ1) is 8.63. The molecule has 0 radical (unpaired) electrons. The third-order valence-corrected chi connectivity index (χ3v) is 5.21. The summed E-state index contributed by atoms with van der Waals surface area (Å²) in [6, 6.07) is 6.67. The summed E-state index contributed by atoms with van der Waals surface area (Å²) in [4.78, 5) is 0. The summed E-state index contributed by atoms with van der Waals surface area (Å²) in [6.45, 7) is 4.28. The van der Waals surface area contributed by atoms with Crippen LogP contribution in [0, 0.1) is 19.3 Å². The normalized spacial score (nSPS) is 29.3. The zero-order valence-electron chi connectivity index (χ0n) is 11.4. The largest absolute Gasteiger partial charge is 0.489 e. The number of rotatable bonds is 2. The van der Waals surface area contributed by atoms with E-state index >= 15 is 0 Å². The maximum atomic E-state index is 6.29. The zero-order chi connectivity index (χ0) is 12.8. The van der Waals surface area contributed by atoms with Gasteiger partial charge >= 0.3 is 0 Å². The highest BCUT2D eigenvalue weighted by Crippen LogP contribution is 2.53. The van der Waals surface area contributed by atoms with E-state index in [1.165, 1.54) is 36.8 Å². The summed E-state index contributed by atoms with van der Waals surface area (Å²) in [5.74, 6) is 1.05. The van der Waals surface area contributed by atoms with Gasteiger partial charge in [-0.2, -0.15) is 0 Å². The Bertz CT molecular complexity index is 448. The molecular formula is C16H23NO. The molecule has 0 aliphatic heterocycles. The summed E-state index contributed by atoms with van der Waals surface area (Å²) >= 11 is 0. The van der Waals surface area contributed by atoms with Gasteiger partial charge in [0.15, 0.2) is 0 Å². The minimum absolute atomic E-state index is 0.288. The van der Waals surface area contributed by atoms with Crippen molar-refractivity contribution in [2.24, 2.45) is 11.1 Å². The molecule has 3 rings (SSSR count). The molecule has 2 aliphatic carbocycles. The van der Waals surface area contributed by atoms with Crippen molar-refractivity contribution < 1.29 is 4.74 Å². The molecule has 2 unspecified atom stereocenters. The fourth-order valence-corrected chi connectivity index (χ4v) is 3.67. The van der Waals surface area contributed by atoms with E-state index in [0.29, 0.717) is 12.1 Å². The Hall–Kier alpha value is -1.02. The number of benzene rings is 1. The topological polar surface area (TPSA) is 35.2 Å². The maximum absolute atomic E-state index is 6.29. The molecule has 2 atom stereocenters. The van der Waals surface area contributed by atoms with Gasteiger partial charge in [-0.25, -0.2) is 0 Å². The summed E-state index contributed by atoms with van der Waals surface area (Å²) in [7, 11) is 0. The predicted octanol–water partition coefficient (Wildman–Crippen LogP) is 3.34. The second-order valence-electron chi connectivity index (χ2n) is 6.09. The van der Waals surface area contributed by atoms with E-state index in [1.807, 2.05) is 0 Å². The van der Waals surface area contributed by atoms with Crippen molar-refractivity contribution in [3.63, 3.8) is 0 Å². The second kappa shape index (κ2) is 4.27. The van der Waals surface area contributed by atoms with Crippen molar-refractivity contribution in [3.05, 3.63) is 29.3 Å². The quantitative estimate of drug-likeness (QED) is 0.867. The summed E-state index contributed by atoms with van der Waals surface area (Å²) in [5.41, 5.74) is 9.11. The van der Waals surface area contributed by atoms with Crippen LogP contribution in [0.5, 0.6) is 5.75 Å². The van der Waals surface area contributed by atoms with Crippen molar-refractivity contribution in [2.45, 2.75) is 58.1 Å². The molecule has 1 spiro atoms. The van der Waals surface area contributed by atoms with E-state index in [1.54, 1.807) is 0 Å². The Balaban J connectivity index is 1.79. The van der Waals surface area contributed by atoms with Crippen LogP contribution in [0.25, 0.3) is 0 Å². The van der Waals surface area contributed by atoms with Crippen LogP contribution in [0.3, 0.4) is 0 Å². The van der Waals surface area contributed by atoms with Crippen LogP contribution >= 0.6 is 0 Å². The average Bonchev–Trinajstić information content (AvgIpc) is 2.86. The van der Waals surface area contributed by atoms with E-state index in [2.05, 4.69) is 32.0 Å². The molecule has 2 saturated carbocycles. The van der Waals surface area contributed by atoms with E-state index < -0.39 is 0 Å². The van der Waals surface area contributed by atoms with Crippen molar-refractivity contribution >= 4 is 0 Å². The lowest BCUT2D eigenvalue weighted by Crippen LogP contribution is -2.62. The second-order valence-corrected chi connectivity index (χ2v) is 6.09. The van der Waals surface area contributed by atoms with Crippen LogP contribution < -0.4 is 10.5 Å². The minimum atomic E-state index is 0.288. The highest BCUT2D eigenvalue weighted by molar-refractivity contribution is 5.38. The van der Waals surface area contributed by atoms with Crippen LogP contribution in [-0.2, 0) is 0 Å². The highest BCUT2D eigenvalue weighted by atomic mass is 16.5. The molecule has 2 nitrogen and oxygen atoms in total. The van der Waals surface area contributed by atoms with E-state index in [0.717, 1.165) is 12.2 Å². The van der Waals surface area contributed by atoms with Crippen LogP contribution in [0.1, 0.15) is 43.2 Å². The Labute approximate surface area is 110 Å². The van der Waals surface area contributed by atoms with Crippen LogP contribution in [0.15, 0.2) is 18.2 Å². The van der Waals surface area contributed by atoms with Gasteiger partial charge in [0.1, 0.15) is 11.9 Å². The first-order valence-electron chi connectivity index (χ1n) is 7.12. The molecule has 98 valence electrons. The Kier molecular flexibility index (Phi) is 2.86. The maximum Gasteiger partial charge on any atom is 0.122 e. The summed E-state index contributed by atoms with van der Waals surface area (Å²) in [5, 5.41) is 0. The van der Waals surface area contributed by atoms with Crippen molar-refractivity contribution in [1.29, 1.82) is 0 Å². The molecule has 0 saturated heterocycles. The average molecular weight is 245 g/mol. The van der Waals surface area contributed by atoms with Crippen molar-refractivity contribution in [2.75, 3.05) is 0 Å². The molecular weight excluding hydrogens is 222 g/mol. The lowest BCUT2D eigenvalue weighted by Gasteiger charge is -2.52. The molecule has 0 bridgehead atoms. The smallest absolute Gasteiger partial charge is 0.122 e. The van der Waals surface area contributed by atoms with Gasteiger partial charge in [0.05, 0.1) is 0 Å². The number of hydrogen-bond acceptors (Lipinski definition) is 2. The zero-order valence-corrected chi connectivity index (χ0v) is 11.4. The monoisotopic (exact) mass is 245 g/mol. The van der Waals surface area contributed by atoms with Gasteiger partial charge in [-0.1, -0.05) is 25.0 Å². The number of hydrogen-bond donors (Lipinski definition) is 1. The Morgan fingerprint density at radius 2 is 1.94 bits per heavy atom. The molecule has 1 aromatic carbocycles. The standard InChI is InChI=1S/C16H23NO/c1-11-6-5-7-13(12(11)2)18-15-10-14(17)16(15)8-3-4-9-16/h5-7,14-15H,3-4,8-10,17H2,1-2H3. The summed E-state index contributed by atoms with van der Waals surface area (Å²) < 4.78 is 6.29. The Morgan fingerprint density at radius 3 is 2.61 bits per heavy atom. The first-order valence-corrected chi connectivity index (χ1v) is 7.12. The molecule has 2 aliphatic rings. The minimum Gasteiger partial charge on any atom is -0.489 e. The fourth-order valence-electron chi connectivity index (χ4n) is 3.67.